The van der Waals surface area contributed by atoms with E-state index in [4.69, 9.17) is 16.6 Å². The van der Waals surface area contributed by atoms with E-state index in [-0.39, 0.29) is 5.96 Å². The van der Waals surface area contributed by atoms with E-state index in [1.807, 2.05) is 0 Å². The SMILES string of the molecule is CN(C)[C@H](CCCN=C(N)N)C(=O)O. The minimum Gasteiger partial charge on any atom is -0.480 e. The smallest absolute Gasteiger partial charge is 0.320 e. The minimum atomic E-state index is -0.820. The zero-order valence-corrected chi connectivity index (χ0v) is 8.60. The fraction of sp³-hybridized carbons (Fsp3) is 0.750. The van der Waals surface area contributed by atoms with Gasteiger partial charge in [-0.25, -0.2) is 0 Å². The van der Waals surface area contributed by atoms with Crippen molar-refractivity contribution < 1.29 is 9.90 Å². The van der Waals surface area contributed by atoms with Gasteiger partial charge < -0.3 is 16.6 Å². The Morgan fingerprint density at radius 2 is 2.07 bits per heavy atom. The molecule has 6 heteroatoms. The number of hydrogen-bond acceptors (Lipinski definition) is 3. The predicted molar refractivity (Wildman–Crippen MR) is 55.0 cm³/mol. The van der Waals surface area contributed by atoms with Gasteiger partial charge in [-0.15, -0.1) is 0 Å². The summed E-state index contributed by atoms with van der Waals surface area (Å²) in [7, 11) is 3.47. The van der Waals surface area contributed by atoms with E-state index >= 15 is 0 Å². The molecule has 0 amide bonds. The van der Waals surface area contributed by atoms with Crippen molar-refractivity contribution in [1.29, 1.82) is 0 Å². The van der Waals surface area contributed by atoms with E-state index < -0.39 is 12.0 Å². The molecule has 0 aliphatic heterocycles. The number of hydrogen-bond donors (Lipinski definition) is 3. The van der Waals surface area contributed by atoms with Crippen molar-refractivity contribution >= 4 is 11.9 Å². The second-order valence-electron chi connectivity index (χ2n) is 3.27. The van der Waals surface area contributed by atoms with Gasteiger partial charge in [0.15, 0.2) is 5.96 Å². The molecule has 1 atom stereocenters. The van der Waals surface area contributed by atoms with E-state index in [0.29, 0.717) is 19.4 Å². The van der Waals surface area contributed by atoms with Crippen LogP contribution in [0.15, 0.2) is 4.99 Å². The number of nitrogens with zero attached hydrogens (tertiary/aromatic N) is 2. The molecule has 0 fully saturated rings. The number of aliphatic imine (C=N–C) groups is 1. The molecule has 6 nitrogen and oxygen atoms in total. The van der Waals surface area contributed by atoms with E-state index in [1.54, 1.807) is 19.0 Å². The fourth-order valence-electron chi connectivity index (χ4n) is 1.10. The number of nitrogens with two attached hydrogens (primary N) is 2. The number of likely N-dealkylation sites (N-methyl/N-ethyl adjacent to an activating group) is 1. The molecule has 82 valence electrons. The number of aliphatic carboxylic acids is 1. The summed E-state index contributed by atoms with van der Waals surface area (Å²) in [5.41, 5.74) is 10.3. The molecule has 0 aliphatic carbocycles. The van der Waals surface area contributed by atoms with Crippen LogP contribution in [0.2, 0.25) is 0 Å². The molecule has 0 saturated heterocycles. The lowest BCUT2D eigenvalue weighted by atomic mass is 10.1. The first-order valence-electron chi connectivity index (χ1n) is 4.39. The minimum absolute atomic E-state index is 0.0433. The first kappa shape index (κ1) is 12.7. The summed E-state index contributed by atoms with van der Waals surface area (Å²) in [6.45, 7) is 0.472. The van der Waals surface area contributed by atoms with Crippen molar-refractivity contribution in [3.05, 3.63) is 0 Å². The van der Waals surface area contributed by atoms with Gasteiger partial charge in [-0.2, -0.15) is 0 Å². The van der Waals surface area contributed by atoms with Crippen LogP contribution in [0.4, 0.5) is 0 Å². The van der Waals surface area contributed by atoms with Crippen LogP contribution in [0.3, 0.4) is 0 Å². The maximum atomic E-state index is 10.7. The van der Waals surface area contributed by atoms with Gasteiger partial charge in [0.25, 0.3) is 0 Å². The lowest BCUT2D eigenvalue weighted by Gasteiger charge is -2.19. The Kier molecular flexibility index (Phi) is 5.62. The van der Waals surface area contributed by atoms with E-state index in [9.17, 15) is 4.79 Å². The van der Waals surface area contributed by atoms with Gasteiger partial charge in [-0.1, -0.05) is 0 Å². The first-order chi connectivity index (χ1) is 6.45. The average Bonchev–Trinajstić information content (AvgIpc) is 2.01. The summed E-state index contributed by atoms with van der Waals surface area (Å²) < 4.78 is 0. The Morgan fingerprint density at radius 1 is 1.50 bits per heavy atom. The quantitative estimate of drug-likeness (QED) is 0.293. The summed E-state index contributed by atoms with van der Waals surface area (Å²) in [6, 6.07) is -0.468. The van der Waals surface area contributed by atoms with E-state index in [1.165, 1.54) is 0 Å². The molecule has 0 rings (SSSR count). The second kappa shape index (κ2) is 6.20. The Balaban J connectivity index is 3.84. The third-order valence-corrected chi connectivity index (χ3v) is 1.84. The Bertz CT molecular complexity index is 211. The number of guanidine groups is 1. The molecule has 14 heavy (non-hydrogen) atoms. The molecule has 0 radical (unpaired) electrons. The number of rotatable bonds is 6. The Labute approximate surface area is 83.6 Å². The third kappa shape index (κ3) is 5.36. The molecule has 5 N–H and O–H groups in total. The molecule has 0 aromatic carbocycles. The lowest BCUT2D eigenvalue weighted by molar-refractivity contribution is -0.142. The molecule has 0 aromatic heterocycles. The maximum Gasteiger partial charge on any atom is 0.320 e. The summed E-state index contributed by atoms with van der Waals surface area (Å²) in [5, 5.41) is 8.83. The van der Waals surface area contributed by atoms with Crippen LogP contribution in [0.1, 0.15) is 12.8 Å². The monoisotopic (exact) mass is 202 g/mol. The largest absolute Gasteiger partial charge is 0.480 e. The van der Waals surface area contributed by atoms with Crippen LogP contribution < -0.4 is 11.5 Å². The second-order valence-corrected chi connectivity index (χ2v) is 3.27. The van der Waals surface area contributed by atoms with Gasteiger partial charge in [0.1, 0.15) is 6.04 Å². The predicted octanol–water partition coefficient (Wildman–Crippen LogP) is -0.945. The molecule has 0 saturated carbocycles. The van der Waals surface area contributed by atoms with Crippen LogP contribution in [0.5, 0.6) is 0 Å². The molecule has 0 aromatic rings. The van der Waals surface area contributed by atoms with E-state index in [2.05, 4.69) is 4.99 Å². The summed E-state index contributed by atoms with van der Waals surface area (Å²) in [4.78, 5) is 16.2. The standard InChI is InChI=1S/C8H18N4O2/c1-12(2)6(7(13)14)4-3-5-11-8(9)10/h6H,3-5H2,1-2H3,(H,13,14)(H4,9,10,11)/t6-/m1/s1. The fourth-order valence-corrected chi connectivity index (χ4v) is 1.10. The van der Waals surface area contributed by atoms with Crippen LogP contribution in [0, 0.1) is 0 Å². The van der Waals surface area contributed by atoms with E-state index in [0.717, 1.165) is 0 Å². The zero-order chi connectivity index (χ0) is 11.1. The van der Waals surface area contributed by atoms with Gasteiger partial charge in [0.2, 0.25) is 0 Å². The highest BCUT2D eigenvalue weighted by molar-refractivity contribution is 5.75. The maximum absolute atomic E-state index is 10.7. The van der Waals surface area contributed by atoms with Gasteiger partial charge in [0.05, 0.1) is 0 Å². The average molecular weight is 202 g/mol. The van der Waals surface area contributed by atoms with Crippen molar-refractivity contribution in [2.45, 2.75) is 18.9 Å². The number of carbonyl (C=O) groups is 1. The van der Waals surface area contributed by atoms with Crippen LogP contribution in [0.25, 0.3) is 0 Å². The summed E-state index contributed by atoms with van der Waals surface area (Å²) in [5.74, 6) is -0.776. The van der Waals surface area contributed by atoms with Crippen molar-refractivity contribution in [3.63, 3.8) is 0 Å². The summed E-state index contributed by atoms with van der Waals surface area (Å²) >= 11 is 0. The van der Waals surface area contributed by atoms with Gasteiger partial charge in [-0.05, 0) is 26.9 Å². The normalized spacial score (nSPS) is 12.5. The lowest BCUT2D eigenvalue weighted by Crippen LogP contribution is -2.35. The Morgan fingerprint density at radius 3 is 2.43 bits per heavy atom. The van der Waals surface area contributed by atoms with Crippen molar-refractivity contribution in [2.75, 3.05) is 20.6 Å². The van der Waals surface area contributed by atoms with Crippen molar-refractivity contribution in [3.8, 4) is 0 Å². The molecule has 0 aliphatic rings. The highest BCUT2D eigenvalue weighted by Crippen LogP contribution is 2.03. The highest BCUT2D eigenvalue weighted by atomic mass is 16.4. The molecular weight excluding hydrogens is 184 g/mol. The number of carboxylic acids is 1. The molecule has 0 spiro atoms. The van der Waals surface area contributed by atoms with Crippen LogP contribution >= 0.6 is 0 Å². The highest BCUT2D eigenvalue weighted by Gasteiger charge is 2.18. The molecular formula is C8H18N4O2. The third-order valence-electron chi connectivity index (χ3n) is 1.84. The molecule has 0 unspecified atom stereocenters. The summed E-state index contributed by atoms with van der Waals surface area (Å²) in [6.07, 6.45) is 1.20. The van der Waals surface area contributed by atoms with Gasteiger partial charge in [0, 0.05) is 6.54 Å². The zero-order valence-electron chi connectivity index (χ0n) is 8.60. The van der Waals surface area contributed by atoms with Crippen molar-refractivity contribution in [1.82, 2.24) is 4.90 Å². The Hall–Kier alpha value is -1.30. The van der Waals surface area contributed by atoms with Crippen molar-refractivity contribution in [2.24, 2.45) is 16.5 Å². The first-order valence-corrected chi connectivity index (χ1v) is 4.39. The van der Waals surface area contributed by atoms with Crippen LogP contribution in [-0.4, -0.2) is 48.6 Å². The molecule has 0 bridgehead atoms. The van der Waals surface area contributed by atoms with Gasteiger partial charge >= 0.3 is 5.97 Å². The number of carboxylic acid groups (broad SMARTS) is 1. The topological polar surface area (TPSA) is 105 Å². The van der Waals surface area contributed by atoms with Crippen LogP contribution in [-0.2, 0) is 4.79 Å². The van der Waals surface area contributed by atoms with Gasteiger partial charge in [-0.3, -0.25) is 14.7 Å². The molecule has 0 heterocycles.